The Balaban J connectivity index is 2.11. The van der Waals surface area contributed by atoms with Gasteiger partial charge in [0.25, 0.3) is 0 Å². The summed E-state index contributed by atoms with van der Waals surface area (Å²) < 4.78 is 16.9. The molecule has 0 radical (unpaired) electrons. The van der Waals surface area contributed by atoms with Gasteiger partial charge in [0.2, 0.25) is 0 Å². The molecular formula is C18H22N2O3. The van der Waals surface area contributed by atoms with Crippen molar-refractivity contribution in [1.29, 1.82) is 0 Å². The van der Waals surface area contributed by atoms with Crippen LogP contribution in [0.4, 0.5) is 0 Å². The first-order valence-corrected chi connectivity index (χ1v) is 7.58. The number of fused-ring (bicyclic) bond motifs is 3. The van der Waals surface area contributed by atoms with Crippen LogP contribution in [0.3, 0.4) is 0 Å². The molecule has 0 unspecified atom stereocenters. The number of benzene rings is 2. The van der Waals surface area contributed by atoms with Crippen molar-refractivity contribution in [2.45, 2.75) is 0 Å². The lowest BCUT2D eigenvalue weighted by Gasteiger charge is -2.11. The van der Waals surface area contributed by atoms with Gasteiger partial charge in [0.1, 0.15) is 12.4 Å². The highest BCUT2D eigenvalue weighted by molar-refractivity contribution is 6.11. The quantitative estimate of drug-likeness (QED) is 0.758. The van der Waals surface area contributed by atoms with Gasteiger partial charge in [0.05, 0.1) is 25.3 Å². The fourth-order valence-corrected chi connectivity index (χ4v) is 2.74. The number of methoxy groups -OCH3 is 2. The van der Waals surface area contributed by atoms with E-state index >= 15 is 0 Å². The molecule has 3 aromatic rings. The Morgan fingerprint density at radius 2 is 1.70 bits per heavy atom. The van der Waals surface area contributed by atoms with Crippen LogP contribution >= 0.6 is 0 Å². The van der Waals surface area contributed by atoms with Gasteiger partial charge < -0.3 is 24.1 Å². The third kappa shape index (κ3) is 2.80. The molecule has 0 saturated heterocycles. The zero-order valence-electron chi connectivity index (χ0n) is 14.0. The van der Waals surface area contributed by atoms with Crippen LogP contribution < -0.4 is 14.2 Å². The smallest absolute Gasteiger partial charge is 0.184 e. The van der Waals surface area contributed by atoms with Crippen LogP contribution in [-0.4, -0.2) is 51.4 Å². The van der Waals surface area contributed by atoms with Gasteiger partial charge in [0, 0.05) is 17.3 Å². The zero-order chi connectivity index (χ0) is 16.4. The molecule has 0 atom stereocenters. The fraction of sp³-hybridized carbons (Fsp3) is 0.333. The van der Waals surface area contributed by atoms with Gasteiger partial charge in [-0.15, -0.1) is 0 Å². The lowest BCUT2D eigenvalue weighted by molar-refractivity contribution is 0.263. The summed E-state index contributed by atoms with van der Waals surface area (Å²) in [5.74, 6) is 2.27. The maximum absolute atomic E-state index is 5.94. The van der Waals surface area contributed by atoms with Crippen LogP contribution in [0.15, 0.2) is 30.3 Å². The molecule has 3 rings (SSSR count). The summed E-state index contributed by atoms with van der Waals surface area (Å²) in [6.07, 6.45) is 0. The van der Waals surface area contributed by atoms with E-state index in [-0.39, 0.29) is 0 Å². The molecule has 122 valence electrons. The Morgan fingerprint density at radius 1 is 0.913 bits per heavy atom. The number of hydrogen-bond donors (Lipinski definition) is 1. The van der Waals surface area contributed by atoms with Crippen molar-refractivity contribution in [3.63, 3.8) is 0 Å². The number of nitrogens with zero attached hydrogens (tertiary/aromatic N) is 1. The second kappa shape index (κ2) is 6.38. The lowest BCUT2D eigenvalue weighted by atomic mass is 10.1. The third-order valence-electron chi connectivity index (χ3n) is 3.91. The fourth-order valence-electron chi connectivity index (χ4n) is 2.74. The van der Waals surface area contributed by atoms with Crippen LogP contribution in [0.2, 0.25) is 0 Å². The molecule has 0 aliphatic rings. The van der Waals surface area contributed by atoms with E-state index in [0.29, 0.717) is 18.1 Å². The van der Waals surface area contributed by atoms with Gasteiger partial charge >= 0.3 is 0 Å². The number of aromatic nitrogens is 1. The largest absolute Gasteiger partial charge is 0.493 e. The minimum absolute atomic E-state index is 0.641. The molecule has 2 aromatic carbocycles. The van der Waals surface area contributed by atoms with E-state index in [1.165, 1.54) is 0 Å². The molecule has 0 aliphatic carbocycles. The lowest BCUT2D eigenvalue weighted by Crippen LogP contribution is -2.19. The topological polar surface area (TPSA) is 46.7 Å². The molecule has 0 fully saturated rings. The van der Waals surface area contributed by atoms with Crippen LogP contribution in [0.1, 0.15) is 0 Å². The summed E-state index contributed by atoms with van der Waals surface area (Å²) in [5.41, 5.74) is 1.90. The Morgan fingerprint density at radius 3 is 2.39 bits per heavy atom. The van der Waals surface area contributed by atoms with Gasteiger partial charge in [-0.3, -0.25) is 0 Å². The average molecular weight is 314 g/mol. The van der Waals surface area contributed by atoms with Crippen molar-refractivity contribution < 1.29 is 14.2 Å². The molecule has 23 heavy (non-hydrogen) atoms. The monoisotopic (exact) mass is 314 g/mol. The molecule has 0 spiro atoms. The predicted molar refractivity (Wildman–Crippen MR) is 93.0 cm³/mol. The van der Waals surface area contributed by atoms with Gasteiger partial charge in [-0.2, -0.15) is 0 Å². The maximum atomic E-state index is 5.94. The van der Waals surface area contributed by atoms with Crippen LogP contribution in [0.25, 0.3) is 21.8 Å². The first-order chi connectivity index (χ1) is 11.2. The molecule has 5 heteroatoms. The van der Waals surface area contributed by atoms with Gasteiger partial charge in [-0.25, -0.2) is 0 Å². The molecule has 1 N–H and O–H groups in total. The van der Waals surface area contributed by atoms with Crippen molar-refractivity contribution in [2.75, 3.05) is 41.5 Å². The second-order valence-corrected chi connectivity index (χ2v) is 5.68. The van der Waals surface area contributed by atoms with Gasteiger partial charge in [-0.1, -0.05) is 12.1 Å². The van der Waals surface area contributed by atoms with Gasteiger partial charge in [-0.05, 0) is 32.3 Å². The van der Waals surface area contributed by atoms with Crippen LogP contribution in [-0.2, 0) is 0 Å². The maximum Gasteiger partial charge on any atom is 0.184 e. The molecular weight excluding hydrogens is 292 g/mol. The normalized spacial score (nSPS) is 11.3. The van der Waals surface area contributed by atoms with E-state index in [4.69, 9.17) is 14.2 Å². The summed E-state index contributed by atoms with van der Waals surface area (Å²) in [7, 11) is 7.35. The second-order valence-electron chi connectivity index (χ2n) is 5.68. The van der Waals surface area contributed by atoms with Crippen molar-refractivity contribution >= 4 is 21.8 Å². The molecule has 1 aromatic heterocycles. The number of hydrogen-bond acceptors (Lipinski definition) is 4. The van der Waals surface area contributed by atoms with Gasteiger partial charge in [0.15, 0.2) is 11.5 Å². The number of nitrogens with one attached hydrogen (secondary N) is 1. The third-order valence-corrected chi connectivity index (χ3v) is 3.91. The molecule has 0 saturated carbocycles. The van der Waals surface area contributed by atoms with Crippen molar-refractivity contribution in [3.8, 4) is 17.2 Å². The number of para-hydroxylation sites is 1. The molecule has 0 aliphatic heterocycles. The van der Waals surface area contributed by atoms with Crippen LogP contribution in [0.5, 0.6) is 17.2 Å². The molecule has 1 heterocycles. The number of likely N-dealkylation sites (N-methyl/N-ethyl adjacent to an activating group) is 1. The predicted octanol–water partition coefficient (Wildman–Crippen LogP) is 3.28. The molecule has 0 amide bonds. The van der Waals surface area contributed by atoms with Crippen molar-refractivity contribution in [3.05, 3.63) is 30.3 Å². The zero-order valence-corrected chi connectivity index (χ0v) is 14.0. The summed E-state index contributed by atoms with van der Waals surface area (Å²) in [6.45, 7) is 1.51. The Hall–Kier alpha value is -2.40. The first-order valence-electron chi connectivity index (χ1n) is 7.58. The minimum atomic E-state index is 0.641. The van der Waals surface area contributed by atoms with Crippen molar-refractivity contribution in [1.82, 2.24) is 9.88 Å². The highest BCUT2D eigenvalue weighted by atomic mass is 16.5. The Labute approximate surface area is 135 Å². The standard InChI is InChI=1S/C18H22N2O3/c1-20(2)10-11-23-14-7-5-6-12-13-8-9-15(21-3)18(22-4)17(13)19-16(12)14/h5-9,19H,10-11H2,1-4H3. The van der Waals surface area contributed by atoms with E-state index < -0.39 is 0 Å². The van der Waals surface area contributed by atoms with E-state index in [1.54, 1.807) is 14.2 Å². The highest BCUT2D eigenvalue weighted by Gasteiger charge is 2.15. The highest BCUT2D eigenvalue weighted by Crippen LogP contribution is 2.40. The minimum Gasteiger partial charge on any atom is -0.493 e. The van der Waals surface area contributed by atoms with E-state index in [0.717, 1.165) is 34.1 Å². The SMILES string of the molecule is COc1ccc2c([nH]c3c(OCCN(C)C)cccc32)c1OC. The number of rotatable bonds is 6. The number of ether oxygens (including phenoxy) is 3. The Bertz CT molecular complexity index is 824. The molecule has 5 nitrogen and oxygen atoms in total. The van der Waals surface area contributed by atoms with E-state index in [1.807, 2.05) is 38.4 Å². The van der Waals surface area contributed by atoms with E-state index in [9.17, 15) is 0 Å². The van der Waals surface area contributed by atoms with Crippen molar-refractivity contribution in [2.24, 2.45) is 0 Å². The van der Waals surface area contributed by atoms with Crippen LogP contribution in [0, 0.1) is 0 Å². The number of H-pyrrole nitrogens is 1. The molecule has 0 bridgehead atoms. The summed E-state index contributed by atoms with van der Waals surface area (Å²) in [5, 5.41) is 2.21. The summed E-state index contributed by atoms with van der Waals surface area (Å²) in [6, 6.07) is 10.0. The Kier molecular flexibility index (Phi) is 4.30. The van der Waals surface area contributed by atoms with E-state index in [2.05, 4.69) is 16.0 Å². The first kappa shape index (κ1) is 15.5. The average Bonchev–Trinajstić information content (AvgIpc) is 2.93. The summed E-state index contributed by atoms with van der Waals surface area (Å²) in [4.78, 5) is 5.53. The summed E-state index contributed by atoms with van der Waals surface area (Å²) >= 11 is 0. The number of aromatic amines is 1.